The van der Waals surface area contributed by atoms with Gasteiger partial charge in [-0.15, -0.1) is 23.2 Å². The maximum atomic E-state index is 12.3. The Bertz CT molecular complexity index is 605. The highest BCUT2D eigenvalue weighted by atomic mass is 35.5. The highest BCUT2D eigenvalue weighted by Crippen LogP contribution is 2.64. The van der Waals surface area contributed by atoms with E-state index in [1.807, 2.05) is 0 Å². The molecule has 2 aliphatic rings. The summed E-state index contributed by atoms with van der Waals surface area (Å²) >= 11 is 18.2. The van der Waals surface area contributed by atoms with Crippen molar-refractivity contribution >= 4 is 46.4 Å². The molecule has 1 heterocycles. The van der Waals surface area contributed by atoms with Crippen molar-refractivity contribution in [3.8, 4) is 11.5 Å². The van der Waals surface area contributed by atoms with Gasteiger partial charge < -0.3 is 14.8 Å². The van der Waals surface area contributed by atoms with Crippen molar-refractivity contribution in [1.29, 1.82) is 0 Å². The minimum absolute atomic E-state index is 0.260. The van der Waals surface area contributed by atoms with Gasteiger partial charge in [0.15, 0.2) is 11.5 Å². The summed E-state index contributed by atoms with van der Waals surface area (Å²) in [6.07, 6.45) is 1.21. The molecule has 0 spiro atoms. The van der Waals surface area contributed by atoms with Crippen LogP contribution in [0.15, 0.2) is 12.1 Å². The summed E-state index contributed by atoms with van der Waals surface area (Å²) in [6.45, 7) is 2.86. The second kappa shape index (κ2) is 5.11. The minimum Gasteiger partial charge on any atom is -0.490 e. The lowest BCUT2D eigenvalue weighted by atomic mass is 10.1. The topological polar surface area (TPSA) is 47.6 Å². The summed E-state index contributed by atoms with van der Waals surface area (Å²) < 4.78 is 10.1. The van der Waals surface area contributed by atoms with E-state index in [2.05, 4.69) is 5.32 Å². The van der Waals surface area contributed by atoms with Gasteiger partial charge in [0, 0.05) is 18.6 Å². The van der Waals surface area contributed by atoms with Crippen LogP contribution in [0.3, 0.4) is 0 Å². The number of hydrogen-bond acceptors (Lipinski definition) is 3. The van der Waals surface area contributed by atoms with E-state index in [9.17, 15) is 4.79 Å². The van der Waals surface area contributed by atoms with Gasteiger partial charge in [0.1, 0.15) is 4.33 Å². The second-order valence-corrected chi connectivity index (χ2v) is 7.39. The lowest BCUT2D eigenvalue weighted by molar-refractivity contribution is -0.120. The number of fused-ring (bicyclic) bond motifs is 1. The fourth-order valence-corrected chi connectivity index (χ4v) is 3.09. The lowest BCUT2D eigenvalue weighted by Crippen LogP contribution is -2.26. The van der Waals surface area contributed by atoms with E-state index in [0.29, 0.717) is 41.8 Å². The van der Waals surface area contributed by atoms with E-state index in [4.69, 9.17) is 44.3 Å². The number of alkyl halides is 2. The van der Waals surface area contributed by atoms with Crippen LogP contribution < -0.4 is 14.8 Å². The molecule has 1 N–H and O–H groups in total. The number of carbonyl (C=O) groups excluding carboxylic acids is 1. The summed E-state index contributed by atoms with van der Waals surface area (Å²) in [7, 11) is 0. The lowest BCUT2D eigenvalue weighted by Gasteiger charge is -2.15. The Kier molecular flexibility index (Phi) is 3.67. The maximum Gasteiger partial charge on any atom is 0.233 e. The highest BCUT2D eigenvalue weighted by Gasteiger charge is 2.67. The molecule has 1 fully saturated rings. The third-order valence-electron chi connectivity index (χ3n) is 3.84. The monoisotopic (exact) mass is 349 g/mol. The van der Waals surface area contributed by atoms with Crippen molar-refractivity contribution in [2.45, 2.75) is 24.1 Å². The molecule has 0 radical (unpaired) electrons. The molecule has 1 aromatic rings. The van der Waals surface area contributed by atoms with Crippen LogP contribution in [0.1, 0.15) is 19.8 Å². The van der Waals surface area contributed by atoms with Crippen molar-refractivity contribution in [3.63, 3.8) is 0 Å². The molecule has 7 heteroatoms. The zero-order chi connectivity index (χ0) is 15.3. The molecule has 114 valence electrons. The van der Waals surface area contributed by atoms with Crippen molar-refractivity contribution in [2.75, 3.05) is 18.5 Å². The Balaban J connectivity index is 1.83. The average Bonchev–Trinajstić information content (AvgIpc) is 3.01. The third kappa shape index (κ3) is 2.65. The molecule has 1 aromatic carbocycles. The van der Waals surface area contributed by atoms with Gasteiger partial charge in [-0.05, 0) is 13.3 Å². The second-order valence-electron chi connectivity index (χ2n) is 5.50. The predicted molar refractivity (Wildman–Crippen MR) is 82.8 cm³/mol. The quantitative estimate of drug-likeness (QED) is 0.819. The summed E-state index contributed by atoms with van der Waals surface area (Å²) in [6, 6.07) is 3.30. The van der Waals surface area contributed by atoms with Crippen LogP contribution in [-0.4, -0.2) is 23.5 Å². The minimum atomic E-state index is -1.02. The van der Waals surface area contributed by atoms with Crippen LogP contribution >= 0.6 is 34.8 Å². The van der Waals surface area contributed by atoms with Gasteiger partial charge in [-0.1, -0.05) is 11.6 Å². The number of anilines is 1. The fraction of sp³-hybridized carbons (Fsp3) is 0.500. The number of rotatable bonds is 2. The van der Waals surface area contributed by atoms with Gasteiger partial charge in [0.2, 0.25) is 5.91 Å². The van der Waals surface area contributed by atoms with E-state index in [1.165, 1.54) is 0 Å². The van der Waals surface area contributed by atoms with Crippen molar-refractivity contribution in [2.24, 2.45) is 5.41 Å². The number of ether oxygens (including phenoxy) is 2. The molecular weight excluding hydrogens is 337 g/mol. The third-order valence-corrected chi connectivity index (χ3v) is 5.26. The van der Waals surface area contributed by atoms with Crippen molar-refractivity contribution < 1.29 is 14.3 Å². The Morgan fingerprint density at radius 2 is 1.81 bits per heavy atom. The fourth-order valence-electron chi connectivity index (χ4n) is 2.19. The zero-order valence-electron chi connectivity index (χ0n) is 11.3. The molecule has 1 unspecified atom stereocenters. The average molecular weight is 351 g/mol. The molecule has 0 bridgehead atoms. The van der Waals surface area contributed by atoms with Crippen LogP contribution in [0.25, 0.3) is 0 Å². The summed E-state index contributed by atoms with van der Waals surface area (Å²) in [5.74, 6) is 0.886. The van der Waals surface area contributed by atoms with Crippen LogP contribution in [0, 0.1) is 5.41 Å². The van der Waals surface area contributed by atoms with Gasteiger partial charge in [-0.3, -0.25) is 4.79 Å². The first-order chi connectivity index (χ1) is 9.83. The standard InChI is InChI=1S/C14H14Cl3NO3/c1-13(7-14(13,16)17)12(19)18-9-6-11-10(5-8(9)15)20-3-2-4-21-11/h5-6H,2-4,7H2,1H3,(H,18,19). The van der Waals surface area contributed by atoms with Crippen molar-refractivity contribution in [3.05, 3.63) is 17.2 Å². The summed E-state index contributed by atoms with van der Waals surface area (Å²) in [5, 5.41) is 3.14. The predicted octanol–water partition coefficient (Wildman–Crippen LogP) is 4.02. The summed E-state index contributed by atoms with van der Waals surface area (Å²) in [4.78, 5) is 12.3. The molecule has 1 atom stereocenters. The van der Waals surface area contributed by atoms with Crippen LogP contribution in [-0.2, 0) is 4.79 Å². The Hall–Kier alpha value is -0.840. The first kappa shape index (κ1) is 15.1. The zero-order valence-corrected chi connectivity index (χ0v) is 13.6. The Morgan fingerprint density at radius 3 is 2.38 bits per heavy atom. The molecular formula is C14H14Cl3NO3. The van der Waals surface area contributed by atoms with Gasteiger partial charge >= 0.3 is 0 Å². The molecule has 0 saturated heterocycles. The van der Waals surface area contributed by atoms with E-state index in [-0.39, 0.29) is 5.91 Å². The number of hydrogen-bond donors (Lipinski definition) is 1. The van der Waals surface area contributed by atoms with E-state index >= 15 is 0 Å². The molecule has 21 heavy (non-hydrogen) atoms. The smallest absolute Gasteiger partial charge is 0.233 e. The molecule has 4 nitrogen and oxygen atoms in total. The van der Waals surface area contributed by atoms with Gasteiger partial charge in [-0.25, -0.2) is 0 Å². The number of carbonyl (C=O) groups is 1. The van der Waals surface area contributed by atoms with E-state index in [0.717, 1.165) is 6.42 Å². The van der Waals surface area contributed by atoms with E-state index < -0.39 is 9.75 Å². The van der Waals surface area contributed by atoms with Crippen LogP contribution in [0.4, 0.5) is 5.69 Å². The maximum absolute atomic E-state index is 12.3. The molecule has 1 aliphatic carbocycles. The molecule has 1 saturated carbocycles. The molecule has 1 aliphatic heterocycles. The van der Waals surface area contributed by atoms with Gasteiger partial charge in [-0.2, -0.15) is 0 Å². The molecule has 0 aromatic heterocycles. The Labute approximate surface area is 137 Å². The highest BCUT2D eigenvalue weighted by molar-refractivity contribution is 6.53. The van der Waals surface area contributed by atoms with Crippen LogP contribution in [0.2, 0.25) is 5.02 Å². The van der Waals surface area contributed by atoms with E-state index in [1.54, 1.807) is 19.1 Å². The Morgan fingerprint density at radius 1 is 1.24 bits per heavy atom. The normalized spacial score (nSPS) is 25.9. The van der Waals surface area contributed by atoms with Crippen LogP contribution in [0.5, 0.6) is 11.5 Å². The van der Waals surface area contributed by atoms with Gasteiger partial charge in [0.25, 0.3) is 0 Å². The number of nitrogens with one attached hydrogen (secondary N) is 1. The first-order valence-corrected chi connectivity index (χ1v) is 7.75. The number of benzene rings is 1. The SMILES string of the molecule is CC1(C(=O)Nc2cc3c(cc2Cl)OCCCO3)CC1(Cl)Cl. The number of halogens is 3. The summed E-state index contributed by atoms with van der Waals surface area (Å²) in [5.41, 5.74) is -0.341. The molecule has 1 amide bonds. The first-order valence-electron chi connectivity index (χ1n) is 6.62. The van der Waals surface area contributed by atoms with Gasteiger partial charge in [0.05, 0.1) is 29.3 Å². The van der Waals surface area contributed by atoms with Crippen molar-refractivity contribution in [1.82, 2.24) is 0 Å². The molecule has 3 rings (SSSR count). The largest absolute Gasteiger partial charge is 0.490 e. The number of amides is 1.